The number of fused-ring (bicyclic) bond motifs is 1. The summed E-state index contributed by atoms with van der Waals surface area (Å²) in [5, 5.41) is 3.36. The minimum Gasteiger partial charge on any atom is -0.312 e. The Bertz CT molecular complexity index is 1210. The largest absolute Gasteiger partial charge is 0.312 e. The van der Waals surface area contributed by atoms with Crippen LogP contribution in [0.1, 0.15) is 34.6 Å². The number of aromatic nitrogens is 2. The zero-order valence-electron chi connectivity index (χ0n) is 16.4. The molecule has 1 aliphatic rings. The SMILES string of the molecule is Cc1cccc(CSc2nc(=O)c3c(n2C)NC(=O)C[C@@H]3c2ccc(F)c(Br)c2)c1. The molecule has 1 aliphatic heterocycles. The van der Waals surface area contributed by atoms with E-state index in [-0.39, 0.29) is 17.9 Å². The van der Waals surface area contributed by atoms with Gasteiger partial charge in [-0.3, -0.25) is 9.59 Å². The second kappa shape index (κ2) is 8.35. The highest BCUT2D eigenvalue weighted by atomic mass is 79.9. The average molecular weight is 488 g/mol. The molecule has 30 heavy (non-hydrogen) atoms. The van der Waals surface area contributed by atoms with Crippen LogP contribution in [0.15, 0.2) is 56.9 Å². The summed E-state index contributed by atoms with van der Waals surface area (Å²) in [6, 6.07) is 12.7. The van der Waals surface area contributed by atoms with E-state index >= 15 is 0 Å². The molecule has 0 saturated carbocycles. The predicted molar refractivity (Wildman–Crippen MR) is 119 cm³/mol. The van der Waals surface area contributed by atoms with E-state index in [4.69, 9.17) is 0 Å². The van der Waals surface area contributed by atoms with Crippen LogP contribution >= 0.6 is 27.7 Å². The molecular formula is C22H19BrFN3O2S. The van der Waals surface area contributed by atoms with Crippen molar-refractivity contribution in [3.8, 4) is 0 Å². The van der Waals surface area contributed by atoms with Crippen molar-refractivity contribution in [2.24, 2.45) is 7.05 Å². The smallest absolute Gasteiger partial charge is 0.279 e. The lowest BCUT2D eigenvalue weighted by molar-refractivity contribution is -0.116. The third-order valence-corrected chi connectivity index (χ3v) is 6.81. The lowest BCUT2D eigenvalue weighted by atomic mass is 9.87. The van der Waals surface area contributed by atoms with E-state index in [0.29, 0.717) is 32.3 Å². The zero-order valence-corrected chi connectivity index (χ0v) is 18.8. The highest BCUT2D eigenvalue weighted by Gasteiger charge is 2.32. The van der Waals surface area contributed by atoms with E-state index in [1.807, 2.05) is 25.1 Å². The number of anilines is 1. The molecule has 1 N–H and O–H groups in total. The Balaban J connectivity index is 1.72. The maximum absolute atomic E-state index is 13.7. The molecule has 0 saturated heterocycles. The number of halogens is 2. The molecule has 0 spiro atoms. The molecular weight excluding hydrogens is 469 g/mol. The van der Waals surface area contributed by atoms with Crippen molar-refractivity contribution in [1.82, 2.24) is 9.55 Å². The second-order valence-corrected chi connectivity index (χ2v) is 9.07. The topological polar surface area (TPSA) is 64.0 Å². The molecule has 1 atom stereocenters. The number of benzene rings is 2. The first-order chi connectivity index (χ1) is 14.3. The molecule has 4 rings (SSSR count). The fourth-order valence-corrected chi connectivity index (χ4v) is 4.93. The quantitative estimate of drug-likeness (QED) is 0.425. The Morgan fingerprint density at radius 2 is 2.07 bits per heavy atom. The fraction of sp³-hybridized carbons (Fsp3) is 0.227. The minimum absolute atomic E-state index is 0.109. The normalized spacial score (nSPS) is 15.6. The van der Waals surface area contributed by atoms with Crippen molar-refractivity contribution in [2.75, 3.05) is 5.32 Å². The lowest BCUT2D eigenvalue weighted by Crippen LogP contribution is -2.33. The number of aryl methyl sites for hydroxylation is 1. The van der Waals surface area contributed by atoms with Gasteiger partial charge in [0.1, 0.15) is 11.6 Å². The third kappa shape index (κ3) is 4.06. The average Bonchev–Trinajstić information content (AvgIpc) is 2.71. The van der Waals surface area contributed by atoms with Gasteiger partial charge in [0.25, 0.3) is 5.56 Å². The minimum atomic E-state index is -0.479. The first-order valence-electron chi connectivity index (χ1n) is 9.37. The summed E-state index contributed by atoms with van der Waals surface area (Å²) in [5.74, 6) is 0.0382. The van der Waals surface area contributed by atoms with Gasteiger partial charge in [-0.1, -0.05) is 47.7 Å². The fourth-order valence-electron chi connectivity index (χ4n) is 3.63. The van der Waals surface area contributed by atoms with Gasteiger partial charge < -0.3 is 9.88 Å². The van der Waals surface area contributed by atoms with Gasteiger partial charge in [-0.05, 0) is 46.1 Å². The Morgan fingerprint density at radius 3 is 2.80 bits per heavy atom. The maximum atomic E-state index is 13.7. The van der Waals surface area contributed by atoms with Gasteiger partial charge in [-0.25, -0.2) is 4.39 Å². The summed E-state index contributed by atoms with van der Waals surface area (Å²) < 4.78 is 15.7. The van der Waals surface area contributed by atoms with Crippen LogP contribution < -0.4 is 10.9 Å². The molecule has 0 radical (unpaired) electrons. The van der Waals surface area contributed by atoms with Crippen LogP contribution in [0.3, 0.4) is 0 Å². The molecule has 1 amide bonds. The number of hydrogen-bond donors (Lipinski definition) is 1. The molecule has 0 aliphatic carbocycles. The number of carbonyl (C=O) groups excluding carboxylic acids is 1. The van der Waals surface area contributed by atoms with E-state index in [2.05, 4.69) is 32.3 Å². The molecule has 0 fully saturated rings. The number of carbonyl (C=O) groups is 1. The van der Waals surface area contributed by atoms with Crippen molar-refractivity contribution >= 4 is 39.4 Å². The Morgan fingerprint density at radius 1 is 1.27 bits per heavy atom. The van der Waals surface area contributed by atoms with E-state index < -0.39 is 11.7 Å². The first-order valence-corrected chi connectivity index (χ1v) is 11.2. The molecule has 0 unspecified atom stereocenters. The second-order valence-electron chi connectivity index (χ2n) is 7.28. The standard InChI is InChI=1S/C22H19BrFN3O2S/c1-12-4-3-5-13(8-12)11-30-22-26-21(29)19-15(10-18(28)25-20(19)27(22)2)14-6-7-17(24)16(23)9-14/h3-9,15H,10-11H2,1-2H3,(H,25,28)/t15-/m1/s1. The predicted octanol–water partition coefficient (Wildman–Crippen LogP) is 4.76. The van der Waals surface area contributed by atoms with E-state index in [0.717, 1.165) is 5.56 Å². The van der Waals surface area contributed by atoms with Gasteiger partial charge in [0, 0.05) is 25.1 Å². The van der Waals surface area contributed by atoms with Gasteiger partial charge in [-0.2, -0.15) is 4.98 Å². The summed E-state index contributed by atoms with van der Waals surface area (Å²) in [4.78, 5) is 29.7. The molecule has 0 bridgehead atoms. The van der Waals surface area contributed by atoms with Gasteiger partial charge in [0.2, 0.25) is 5.91 Å². The number of amides is 1. The van der Waals surface area contributed by atoms with Crippen LogP contribution in [-0.4, -0.2) is 15.5 Å². The Labute approximate surface area is 185 Å². The highest BCUT2D eigenvalue weighted by molar-refractivity contribution is 9.10. The van der Waals surface area contributed by atoms with Crippen LogP contribution in [0.4, 0.5) is 10.2 Å². The van der Waals surface area contributed by atoms with Gasteiger partial charge in [-0.15, -0.1) is 0 Å². The van der Waals surface area contributed by atoms with E-state index in [1.54, 1.807) is 23.7 Å². The van der Waals surface area contributed by atoms with Crippen LogP contribution in [-0.2, 0) is 17.6 Å². The molecule has 8 heteroatoms. The Hall–Kier alpha value is -2.45. The monoisotopic (exact) mass is 487 g/mol. The summed E-state index contributed by atoms with van der Waals surface area (Å²) in [7, 11) is 1.78. The number of thioether (sulfide) groups is 1. The lowest BCUT2D eigenvalue weighted by Gasteiger charge is -2.27. The zero-order chi connectivity index (χ0) is 21.4. The summed E-state index contributed by atoms with van der Waals surface area (Å²) in [6.45, 7) is 2.03. The molecule has 2 aromatic carbocycles. The van der Waals surface area contributed by atoms with Crippen LogP contribution in [0.2, 0.25) is 0 Å². The molecule has 1 aromatic heterocycles. The van der Waals surface area contributed by atoms with Crippen LogP contribution in [0, 0.1) is 12.7 Å². The number of hydrogen-bond acceptors (Lipinski definition) is 4. The molecule has 3 aromatic rings. The van der Waals surface area contributed by atoms with Crippen molar-refractivity contribution in [3.05, 3.63) is 85.4 Å². The summed E-state index contributed by atoms with van der Waals surface area (Å²) in [5.41, 5.74) is 3.04. The third-order valence-electron chi connectivity index (χ3n) is 5.10. The van der Waals surface area contributed by atoms with E-state index in [9.17, 15) is 14.0 Å². The maximum Gasteiger partial charge on any atom is 0.279 e. The molecule has 2 heterocycles. The number of rotatable bonds is 4. The van der Waals surface area contributed by atoms with Gasteiger partial charge in [0.05, 0.1) is 10.0 Å². The van der Waals surface area contributed by atoms with Gasteiger partial charge in [0.15, 0.2) is 5.16 Å². The van der Waals surface area contributed by atoms with Crippen molar-refractivity contribution in [2.45, 2.75) is 30.2 Å². The number of nitrogens with one attached hydrogen (secondary N) is 1. The van der Waals surface area contributed by atoms with E-state index in [1.165, 1.54) is 23.4 Å². The van der Waals surface area contributed by atoms with Gasteiger partial charge >= 0.3 is 0 Å². The first kappa shape index (κ1) is 20.8. The van der Waals surface area contributed by atoms with Crippen molar-refractivity contribution in [1.29, 1.82) is 0 Å². The van der Waals surface area contributed by atoms with Crippen molar-refractivity contribution < 1.29 is 9.18 Å². The number of nitrogens with zero attached hydrogens (tertiary/aromatic N) is 2. The van der Waals surface area contributed by atoms with Crippen LogP contribution in [0.25, 0.3) is 0 Å². The molecule has 154 valence electrons. The highest BCUT2D eigenvalue weighted by Crippen LogP contribution is 2.37. The van der Waals surface area contributed by atoms with Crippen molar-refractivity contribution in [3.63, 3.8) is 0 Å². The summed E-state index contributed by atoms with van der Waals surface area (Å²) >= 11 is 4.62. The molecule has 5 nitrogen and oxygen atoms in total. The Kier molecular flexibility index (Phi) is 5.79. The van der Waals surface area contributed by atoms with Crippen LogP contribution in [0.5, 0.6) is 0 Å². The summed E-state index contributed by atoms with van der Waals surface area (Å²) in [6.07, 6.45) is 0.109.